The Balaban J connectivity index is 3.41. The fraction of sp³-hybridized carbons (Fsp3) is 0.619. The van der Waals surface area contributed by atoms with E-state index in [1.165, 1.54) is 7.11 Å². The van der Waals surface area contributed by atoms with E-state index < -0.39 is 17.4 Å². The van der Waals surface area contributed by atoms with Gasteiger partial charge < -0.3 is 18.9 Å². The maximum Gasteiger partial charge on any atom is 0.323 e. The summed E-state index contributed by atoms with van der Waals surface area (Å²) in [4.78, 5) is 25.9. The van der Waals surface area contributed by atoms with Crippen LogP contribution in [-0.2, 0) is 25.5 Å². The zero-order chi connectivity index (χ0) is 20.3. The molecule has 1 aromatic carbocycles. The molecule has 0 saturated heterocycles. The first-order valence-corrected chi connectivity index (χ1v) is 9.54. The lowest BCUT2D eigenvalue weighted by molar-refractivity contribution is -0.172. The normalized spacial score (nSPS) is 11.0. The Morgan fingerprint density at radius 3 is 2.04 bits per heavy atom. The van der Waals surface area contributed by atoms with Crippen molar-refractivity contribution in [2.45, 2.75) is 52.9 Å². The van der Waals surface area contributed by atoms with Crippen molar-refractivity contribution in [2.24, 2.45) is 5.41 Å². The molecule has 0 amide bonds. The Labute approximate surface area is 162 Å². The van der Waals surface area contributed by atoms with E-state index in [1.54, 1.807) is 27.0 Å². The third-order valence-electron chi connectivity index (χ3n) is 4.52. The van der Waals surface area contributed by atoms with Crippen molar-refractivity contribution in [3.63, 3.8) is 0 Å². The van der Waals surface area contributed by atoms with Gasteiger partial charge in [-0.05, 0) is 31.9 Å². The van der Waals surface area contributed by atoms with Crippen LogP contribution in [0.1, 0.15) is 52.0 Å². The van der Waals surface area contributed by atoms with Crippen molar-refractivity contribution < 1.29 is 28.5 Å². The standard InChI is InChI=1S/C21H32O6/c1-6-9-10-14-21(19(22)26-7-2,20(23)27-8-3)15-16-12-11-13-17(24-4)18(16)25-5/h11-13H,6-10,14-15H2,1-5H3. The number of methoxy groups -OCH3 is 2. The molecule has 152 valence electrons. The van der Waals surface area contributed by atoms with Crippen molar-refractivity contribution in [2.75, 3.05) is 27.4 Å². The smallest absolute Gasteiger partial charge is 0.323 e. The topological polar surface area (TPSA) is 71.1 Å². The number of ether oxygens (including phenoxy) is 4. The summed E-state index contributed by atoms with van der Waals surface area (Å²) >= 11 is 0. The zero-order valence-electron chi connectivity index (χ0n) is 17.1. The largest absolute Gasteiger partial charge is 0.493 e. The predicted octanol–water partition coefficient (Wildman–Crippen LogP) is 3.94. The van der Waals surface area contributed by atoms with Gasteiger partial charge in [0, 0.05) is 6.42 Å². The number of carbonyl (C=O) groups excluding carboxylic acids is 2. The highest BCUT2D eigenvalue weighted by atomic mass is 16.6. The molecule has 0 radical (unpaired) electrons. The molecular formula is C21H32O6. The molecule has 0 unspecified atom stereocenters. The molecule has 1 aromatic rings. The van der Waals surface area contributed by atoms with Gasteiger partial charge in [0.2, 0.25) is 0 Å². The fourth-order valence-electron chi connectivity index (χ4n) is 3.15. The minimum absolute atomic E-state index is 0.134. The second kappa shape index (κ2) is 11.5. The summed E-state index contributed by atoms with van der Waals surface area (Å²) in [6.07, 6.45) is 3.11. The van der Waals surface area contributed by atoms with Gasteiger partial charge in [0.1, 0.15) is 0 Å². The molecule has 0 heterocycles. The summed E-state index contributed by atoms with van der Waals surface area (Å²) in [5.74, 6) is -0.0486. The highest BCUT2D eigenvalue weighted by Crippen LogP contribution is 2.39. The third-order valence-corrected chi connectivity index (χ3v) is 4.52. The van der Waals surface area contributed by atoms with Gasteiger partial charge in [-0.1, -0.05) is 38.3 Å². The van der Waals surface area contributed by atoms with Crippen molar-refractivity contribution in [1.82, 2.24) is 0 Å². The van der Waals surface area contributed by atoms with Crippen LogP contribution < -0.4 is 9.47 Å². The Morgan fingerprint density at radius 1 is 0.926 bits per heavy atom. The van der Waals surface area contributed by atoms with Crippen LogP contribution in [0.5, 0.6) is 11.5 Å². The molecule has 0 aliphatic carbocycles. The molecule has 6 heteroatoms. The molecule has 6 nitrogen and oxygen atoms in total. The number of unbranched alkanes of at least 4 members (excludes halogenated alkanes) is 2. The first-order valence-electron chi connectivity index (χ1n) is 9.54. The number of hydrogen-bond donors (Lipinski definition) is 0. The summed E-state index contributed by atoms with van der Waals surface area (Å²) in [7, 11) is 3.08. The average molecular weight is 380 g/mol. The summed E-state index contributed by atoms with van der Waals surface area (Å²) < 4.78 is 21.4. The minimum Gasteiger partial charge on any atom is -0.493 e. The van der Waals surface area contributed by atoms with Crippen LogP contribution >= 0.6 is 0 Å². The number of benzene rings is 1. The molecule has 0 N–H and O–H groups in total. The molecule has 0 aliphatic rings. The lowest BCUT2D eigenvalue weighted by Crippen LogP contribution is -2.44. The third kappa shape index (κ3) is 5.62. The summed E-state index contributed by atoms with van der Waals surface area (Å²) in [5, 5.41) is 0. The van der Waals surface area contributed by atoms with E-state index in [1.807, 2.05) is 12.1 Å². The predicted molar refractivity (Wildman–Crippen MR) is 103 cm³/mol. The summed E-state index contributed by atoms with van der Waals surface area (Å²) in [6, 6.07) is 5.41. The number of esters is 2. The van der Waals surface area contributed by atoms with Crippen LogP contribution in [-0.4, -0.2) is 39.4 Å². The molecule has 0 atom stereocenters. The van der Waals surface area contributed by atoms with Gasteiger partial charge in [0.25, 0.3) is 0 Å². The Bertz CT molecular complexity index is 593. The van der Waals surface area contributed by atoms with Gasteiger partial charge in [-0.3, -0.25) is 9.59 Å². The molecule has 0 bridgehead atoms. The van der Waals surface area contributed by atoms with E-state index in [2.05, 4.69) is 6.92 Å². The van der Waals surface area contributed by atoms with Gasteiger partial charge in [0.05, 0.1) is 27.4 Å². The van der Waals surface area contributed by atoms with Gasteiger partial charge in [-0.2, -0.15) is 0 Å². The summed E-state index contributed by atoms with van der Waals surface area (Å²) in [6.45, 7) is 5.92. The molecule has 1 rings (SSSR count). The Kier molecular flexibility index (Phi) is 9.68. The summed E-state index contributed by atoms with van der Waals surface area (Å²) in [5.41, 5.74) is -0.699. The number of para-hydroxylation sites is 1. The van der Waals surface area contributed by atoms with Crippen LogP contribution in [0.3, 0.4) is 0 Å². The first-order chi connectivity index (χ1) is 13.0. The Morgan fingerprint density at radius 2 is 1.56 bits per heavy atom. The van der Waals surface area contributed by atoms with Crippen molar-refractivity contribution in [3.8, 4) is 11.5 Å². The van der Waals surface area contributed by atoms with Crippen molar-refractivity contribution in [1.29, 1.82) is 0 Å². The number of carbonyl (C=O) groups is 2. The van der Waals surface area contributed by atoms with E-state index in [9.17, 15) is 9.59 Å². The van der Waals surface area contributed by atoms with Gasteiger partial charge in [-0.15, -0.1) is 0 Å². The molecule has 0 spiro atoms. The molecule has 0 fully saturated rings. The van der Waals surface area contributed by atoms with Gasteiger partial charge in [-0.25, -0.2) is 0 Å². The minimum atomic E-state index is -1.40. The van der Waals surface area contributed by atoms with Crippen molar-refractivity contribution in [3.05, 3.63) is 23.8 Å². The first kappa shape index (κ1) is 22.8. The number of rotatable bonds is 12. The SMILES string of the molecule is CCCCCC(Cc1cccc(OC)c1OC)(C(=O)OCC)C(=O)OCC. The molecule has 0 aromatic heterocycles. The van der Waals surface area contributed by atoms with Crippen LogP contribution in [0.4, 0.5) is 0 Å². The van der Waals surface area contributed by atoms with Crippen LogP contribution in [0.25, 0.3) is 0 Å². The van der Waals surface area contributed by atoms with Crippen LogP contribution in [0.2, 0.25) is 0 Å². The molecular weight excluding hydrogens is 348 g/mol. The van der Waals surface area contributed by atoms with Crippen LogP contribution in [0.15, 0.2) is 18.2 Å². The quantitative estimate of drug-likeness (QED) is 0.311. The number of hydrogen-bond acceptors (Lipinski definition) is 6. The molecule has 0 aliphatic heterocycles. The van der Waals surface area contributed by atoms with E-state index in [4.69, 9.17) is 18.9 Å². The second-order valence-electron chi connectivity index (χ2n) is 6.31. The molecule has 27 heavy (non-hydrogen) atoms. The lowest BCUT2D eigenvalue weighted by atomic mass is 9.76. The van der Waals surface area contributed by atoms with E-state index in [0.29, 0.717) is 23.5 Å². The lowest BCUT2D eigenvalue weighted by Gasteiger charge is -2.30. The monoisotopic (exact) mass is 380 g/mol. The maximum atomic E-state index is 12.9. The highest BCUT2D eigenvalue weighted by molar-refractivity contribution is 6.00. The highest BCUT2D eigenvalue weighted by Gasteiger charge is 2.49. The fourth-order valence-corrected chi connectivity index (χ4v) is 3.15. The van der Waals surface area contributed by atoms with E-state index >= 15 is 0 Å². The van der Waals surface area contributed by atoms with Crippen molar-refractivity contribution >= 4 is 11.9 Å². The van der Waals surface area contributed by atoms with E-state index in [-0.39, 0.29) is 19.6 Å². The van der Waals surface area contributed by atoms with Gasteiger partial charge in [0.15, 0.2) is 16.9 Å². The Hall–Kier alpha value is -2.24. The zero-order valence-corrected chi connectivity index (χ0v) is 17.1. The van der Waals surface area contributed by atoms with Crippen LogP contribution in [0, 0.1) is 5.41 Å². The van der Waals surface area contributed by atoms with E-state index in [0.717, 1.165) is 19.3 Å². The second-order valence-corrected chi connectivity index (χ2v) is 6.31. The average Bonchev–Trinajstić information content (AvgIpc) is 2.67. The maximum absolute atomic E-state index is 12.9. The van der Waals surface area contributed by atoms with Gasteiger partial charge >= 0.3 is 11.9 Å². The molecule has 0 saturated carbocycles.